The van der Waals surface area contributed by atoms with E-state index in [2.05, 4.69) is 6.07 Å². The van der Waals surface area contributed by atoms with Gasteiger partial charge in [0.05, 0.1) is 16.1 Å². The summed E-state index contributed by atoms with van der Waals surface area (Å²) in [5.41, 5.74) is 3.36. The number of pyridine rings is 1. The number of aromatic nitrogens is 1. The molecule has 0 bridgehead atoms. The Morgan fingerprint density at radius 3 is 2.69 bits per heavy atom. The van der Waals surface area contributed by atoms with E-state index in [9.17, 15) is 9.47 Å². The monoisotopic (exact) mass is 398 g/mol. The van der Waals surface area contributed by atoms with Gasteiger partial charge in [0, 0.05) is 33.6 Å². The van der Waals surface area contributed by atoms with Crippen LogP contribution in [0.25, 0.3) is 21.7 Å². The molecule has 132 valence electrons. The van der Waals surface area contributed by atoms with Crippen LogP contribution in [0, 0.1) is 11.3 Å². The van der Waals surface area contributed by atoms with Crippen molar-refractivity contribution in [2.45, 2.75) is 11.9 Å². The van der Waals surface area contributed by atoms with Crippen LogP contribution in [0.4, 0.5) is 0 Å². The Balaban J connectivity index is 2.05. The first-order valence-electron chi connectivity index (χ1n) is 8.25. The van der Waals surface area contributed by atoms with Crippen LogP contribution >= 0.6 is 23.1 Å². The normalized spacial score (nSPS) is 11.8. The first-order valence-corrected chi connectivity index (χ1v) is 11.6. The van der Waals surface area contributed by atoms with Crippen LogP contribution < -0.4 is 0 Å². The van der Waals surface area contributed by atoms with E-state index in [0.717, 1.165) is 21.7 Å². The molecule has 3 rings (SSSR count). The van der Waals surface area contributed by atoms with Gasteiger partial charge in [-0.25, -0.2) is 4.98 Å². The number of thiophene rings is 1. The molecule has 1 atom stereocenters. The molecule has 0 saturated carbocycles. The number of hydrogen-bond acceptors (Lipinski definition) is 5. The molecule has 0 aliphatic heterocycles. The maximum absolute atomic E-state index is 11.7. The van der Waals surface area contributed by atoms with E-state index in [0.29, 0.717) is 27.8 Å². The third-order valence-corrected chi connectivity index (χ3v) is 7.26. The number of rotatable bonds is 7. The first kappa shape index (κ1) is 18.8. The van der Waals surface area contributed by atoms with Crippen molar-refractivity contribution < 1.29 is 4.21 Å². The van der Waals surface area contributed by atoms with Crippen LogP contribution in [0.15, 0.2) is 58.9 Å². The number of benzene rings is 1. The lowest BCUT2D eigenvalue weighted by molar-refractivity contribution is 0.685. The van der Waals surface area contributed by atoms with Gasteiger partial charge in [0.25, 0.3) is 0 Å². The second kappa shape index (κ2) is 9.13. The fraction of sp³-hybridized carbons (Fsp3) is 0.200. The summed E-state index contributed by atoms with van der Waals surface area (Å²) in [7, 11) is -0.815. The molecule has 26 heavy (non-hydrogen) atoms. The van der Waals surface area contributed by atoms with Crippen molar-refractivity contribution in [2.75, 3.05) is 17.3 Å². The molecule has 0 aliphatic rings. The molecular weight excluding hydrogens is 380 g/mol. The number of thioether (sulfide) groups is 1. The van der Waals surface area contributed by atoms with Crippen molar-refractivity contribution in [1.29, 1.82) is 5.26 Å². The molecule has 1 aromatic carbocycles. The molecule has 0 unspecified atom stereocenters. The standard InChI is InChI=1S/C20H18N2OS3/c1-2-26(23)12-11-25-20-17(14-21)16(15-7-4-3-5-8-15)13-18(22-20)19-9-6-10-24-19/h3-10,13H,2,11-12H2,1H3/t26-/m1/s1. The Hall–Kier alpha value is -1.94. The zero-order chi connectivity index (χ0) is 18.4. The molecule has 2 heterocycles. The average molecular weight is 399 g/mol. The molecule has 0 fully saturated rings. The molecule has 0 spiro atoms. The Morgan fingerprint density at radius 2 is 2.04 bits per heavy atom. The first-order chi connectivity index (χ1) is 12.7. The van der Waals surface area contributed by atoms with Crippen molar-refractivity contribution in [2.24, 2.45) is 0 Å². The minimum absolute atomic E-state index is 0.587. The van der Waals surface area contributed by atoms with Crippen molar-refractivity contribution in [1.82, 2.24) is 4.98 Å². The molecule has 0 saturated heterocycles. The molecule has 3 aromatic rings. The van der Waals surface area contributed by atoms with E-state index >= 15 is 0 Å². The van der Waals surface area contributed by atoms with Gasteiger partial charge >= 0.3 is 0 Å². The quantitative estimate of drug-likeness (QED) is 0.513. The molecule has 0 aliphatic carbocycles. The molecule has 3 nitrogen and oxygen atoms in total. The number of nitrogens with zero attached hydrogens (tertiary/aromatic N) is 2. The Kier molecular flexibility index (Phi) is 6.62. The van der Waals surface area contributed by atoms with E-state index < -0.39 is 10.8 Å². The SMILES string of the molecule is CC[S@@](=O)CCSc1nc(-c2cccs2)cc(-c2ccccc2)c1C#N. The van der Waals surface area contributed by atoms with Crippen molar-refractivity contribution >= 4 is 33.9 Å². The highest BCUT2D eigenvalue weighted by Gasteiger charge is 2.16. The smallest absolute Gasteiger partial charge is 0.115 e. The van der Waals surface area contributed by atoms with Gasteiger partial charge in [-0.15, -0.1) is 23.1 Å². The summed E-state index contributed by atoms with van der Waals surface area (Å²) in [6.45, 7) is 1.92. The van der Waals surface area contributed by atoms with Gasteiger partial charge in [0.15, 0.2) is 0 Å². The highest BCUT2D eigenvalue weighted by molar-refractivity contribution is 8.00. The van der Waals surface area contributed by atoms with Crippen LogP contribution in [0.5, 0.6) is 0 Å². The van der Waals surface area contributed by atoms with Crippen molar-refractivity contribution in [3.05, 3.63) is 59.5 Å². The van der Waals surface area contributed by atoms with Gasteiger partial charge in [-0.05, 0) is 23.1 Å². The third-order valence-electron chi connectivity index (χ3n) is 3.83. The minimum Gasteiger partial charge on any atom is -0.260 e. The zero-order valence-corrected chi connectivity index (χ0v) is 16.8. The van der Waals surface area contributed by atoms with Crippen LogP contribution in [0.2, 0.25) is 0 Å². The summed E-state index contributed by atoms with van der Waals surface area (Å²) >= 11 is 3.14. The van der Waals surface area contributed by atoms with E-state index in [1.54, 1.807) is 11.3 Å². The summed E-state index contributed by atoms with van der Waals surface area (Å²) in [6.07, 6.45) is 0. The second-order valence-corrected chi connectivity index (χ2v) is 9.37. The molecule has 0 radical (unpaired) electrons. The lowest BCUT2D eigenvalue weighted by Crippen LogP contribution is -2.03. The van der Waals surface area contributed by atoms with Crippen LogP contribution in [-0.4, -0.2) is 26.5 Å². The molecule has 2 aromatic heterocycles. The maximum Gasteiger partial charge on any atom is 0.115 e. The molecule has 0 N–H and O–H groups in total. The van der Waals surface area contributed by atoms with Crippen LogP contribution in [-0.2, 0) is 10.8 Å². The van der Waals surface area contributed by atoms with Gasteiger partial charge in [0.2, 0.25) is 0 Å². The number of nitriles is 1. The summed E-state index contributed by atoms with van der Waals surface area (Å²) < 4.78 is 11.7. The molecule has 0 amide bonds. The van der Waals surface area contributed by atoms with E-state index in [1.165, 1.54) is 11.8 Å². The van der Waals surface area contributed by atoms with Gasteiger partial charge in [-0.1, -0.05) is 43.3 Å². The summed E-state index contributed by atoms with van der Waals surface area (Å²) in [4.78, 5) is 5.82. The summed E-state index contributed by atoms with van der Waals surface area (Å²) in [6, 6.07) is 18.3. The van der Waals surface area contributed by atoms with E-state index in [4.69, 9.17) is 4.98 Å². The van der Waals surface area contributed by atoms with Gasteiger partial charge in [-0.3, -0.25) is 4.21 Å². The highest BCUT2D eigenvalue weighted by Crippen LogP contribution is 2.35. The molecular formula is C20H18N2OS3. The Labute approximate surface area is 164 Å². The van der Waals surface area contributed by atoms with Crippen LogP contribution in [0.3, 0.4) is 0 Å². The zero-order valence-electron chi connectivity index (χ0n) is 14.3. The Morgan fingerprint density at radius 1 is 1.23 bits per heavy atom. The van der Waals surface area contributed by atoms with Crippen LogP contribution in [0.1, 0.15) is 12.5 Å². The highest BCUT2D eigenvalue weighted by atomic mass is 32.2. The summed E-state index contributed by atoms with van der Waals surface area (Å²) in [5.74, 6) is 1.95. The van der Waals surface area contributed by atoms with E-state index in [1.807, 2.05) is 60.8 Å². The third kappa shape index (κ3) is 4.42. The predicted molar refractivity (Wildman–Crippen MR) is 112 cm³/mol. The van der Waals surface area contributed by atoms with E-state index in [-0.39, 0.29) is 0 Å². The van der Waals surface area contributed by atoms with Gasteiger partial charge in [0.1, 0.15) is 11.1 Å². The largest absolute Gasteiger partial charge is 0.260 e. The number of hydrogen-bond donors (Lipinski definition) is 0. The average Bonchev–Trinajstić information content (AvgIpc) is 3.22. The lowest BCUT2D eigenvalue weighted by Gasteiger charge is -2.11. The predicted octanol–water partition coefficient (Wildman–Crippen LogP) is 5.21. The van der Waals surface area contributed by atoms with Gasteiger partial charge < -0.3 is 0 Å². The minimum atomic E-state index is -0.815. The van der Waals surface area contributed by atoms with Gasteiger partial charge in [-0.2, -0.15) is 5.26 Å². The van der Waals surface area contributed by atoms with Crippen molar-refractivity contribution in [3.8, 4) is 27.8 Å². The topological polar surface area (TPSA) is 53.8 Å². The second-order valence-electron chi connectivity index (χ2n) is 5.47. The maximum atomic E-state index is 11.7. The van der Waals surface area contributed by atoms with Crippen molar-refractivity contribution in [3.63, 3.8) is 0 Å². The molecule has 6 heteroatoms. The fourth-order valence-corrected chi connectivity index (χ4v) is 5.21. The fourth-order valence-electron chi connectivity index (χ4n) is 2.51. The Bertz CT molecular complexity index is 932. The lowest BCUT2D eigenvalue weighted by atomic mass is 10.0. The summed E-state index contributed by atoms with van der Waals surface area (Å²) in [5, 5.41) is 12.5.